The van der Waals surface area contributed by atoms with E-state index in [1.807, 2.05) is 24.3 Å². The zero-order chi connectivity index (χ0) is 13.4. The van der Waals surface area contributed by atoms with Gasteiger partial charge in [-0.15, -0.1) is 0 Å². The molecule has 1 aliphatic heterocycles. The van der Waals surface area contributed by atoms with E-state index >= 15 is 0 Å². The van der Waals surface area contributed by atoms with Crippen LogP contribution in [0.25, 0.3) is 0 Å². The molecular formula is C15H9BrFNO. The third-order valence-corrected chi connectivity index (χ3v) is 3.81. The van der Waals surface area contributed by atoms with Crippen LogP contribution in [0.1, 0.15) is 22.8 Å². The van der Waals surface area contributed by atoms with Gasteiger partial charge in [0.2, 0.25) is 0 Å². The van der Waals surface area contributed by atoms with E-state index in [1.54, 1.807) is 12.1 Å². The zero-order valence-electron chi connectivity index (χ0n) is 9.86. The summed E-state index contributed by atoms with van der Waals surface area (Å²) in [7, 11) is 0. The minimum Gasteiger partial charge on any atom is -0.484 e. The monoisotopic (exact) mass is 317 g/mol. The first kappa shape index (κ1) is 12.2. The first-order chi connectivity index (χ1) is 9.19. The summed E-state index contributed by atoms with van der Waals surface area (Å²) in [6, 6.07) is 12.2. The summed E-state index contributed by atoms with van der Waals surface area (Å²) in [5.41, 5.74) is 1.86. The Hall–Kier alpha value is -1.86. The van der Waals surface area contributed by atoms with Crippen molar-refractivity contribution in [3.05, 3.63) is 63.4 Å². The van der Waals surface area contributed by atoms with Gasteiger partial charge >= 0.3 is 0 Å². The molecule has 0 aromatic heterocycles. The fourth-order valence-corrected chi connectivity index (χ4v) is 2.76. The number of nitrogens with zero attached hydrogens (tertiary/aromatic N) is 1. The summed E-state index contributed by atoms with van der Waals surface area (Å²) >= 11 is 3.43. The molecule has 0 radical (unpaired) electrons. The van der Waals surface area contributed by atoms with E-state index in [4.69, 9.17) is 10.00 Å². The SMILES string of the molecule is N#Cc1ccc(C2Cc3cccc(Br)c3O2)c(F)c1. The van der Waals surface area contributed by atoms with E-state index < -0.39 is 5.82 Å². The number of ether oxygens (including phenoxy) is 1. The van der Waals surface area contributed by atoms with Crippen LogP contribution >= 0.6 is 15.9 Å². The molecule has 3 rings (SSSR count). The number of nitriles is 1. The second-order valence-electron chi connectivity index (χ2n) is 4.39. The van der Waals surface area contributed by atoms with Crippen LogP contribution in [0.3, 0.4) is 0 Å². The van der Waals surface area contributed by atoms with Gasteiger partial charge in [0.05, 0.1) is 16.1 Å². The van der Waals surface area contributed by atoms with Crippen LogP contribution in [-0.2, 0) is 6.42 Å². The highest BCUT2D eigenvalue weighted by Crippen LogP contribution is 2.41. The summed E-state index contributed by atoms with van der Waals surface area (Å²) in [5, 5.41) is 8.74. The van der Waals surface area contributed by atoms with Gasteiger partial charge < -0.3 is 4.74 Å². The molecule has 0 bridgehead atoms. The first-order valence-electron chi connectivity index (χ1n) is 5.82. The van der Waals surface area contributed by atoms with E-state index in [0.717, 1.165) is 15.8 Å². The molecule has 1 unspecified atom stereocenters. The van der Waals surface area contributed by atoms with Crippen molar-refractivity contribution < 1.29 is 9.13 Å². The number of hydrogen-bond donors (Lipinski definition) is 0. The Balaban J connectivity index is 1.95. The average Bonchev–Trinajstić information content (AvgIpc) is 2.83. The molecule has 2 aromatic rings. The molecule has 1 atom stereocenters. The van der Waals surface area contributed by atoms with E-state index in [1.165, 1.54) is 6.07 Å². The lowest BCUT2D eigenvalue weighted by atomic mass is 10.0. The molecule has 0 aliphatic carbocycles. The van der Waals surface area contributed by atoms with Crippen molar-refractivity contribution in [1.29, 1.82) is 5.26 Å². The molecule has 0 saturated carbocycles. The Bertz CT molecular complexity index is 693. The first-order valence-corrected chi connectivity index (χ1v) is 6.62. The van der Waals surface area contributed by atoms with Gasteiger partial charge in [0, 0.05) is 12.0 Å². The normalized spacial score (nSPS) is 16.6. The summed E-state index contributed by atoms with van der Waals surface area (Å²) in [4.78, 5) is 0. The molecule has 0 N–H and O–H groups in total. The van der Waals surface area contributed by atoms with Crippen molar-refractivity contribution in [3.63, 3.8) is 0 Å². The van der Waals surface area contributed by atoms with Crippen LogP contribution in [0.4, 0.5) is 4.39 Å². The molecular weight excluding hydrogens is 309 g/mol. The van der Waals surface area contributed by atoms with Crippen LogP contribution < -0.4 is 4.74 Å². The number of fused-ring (bicyclic) bond motifs is 1. The maximum atomic E-state index is 14.0. The average molecular weight is 318 g/mol. The number of hydrogen-bond acceptors (Lipinski definition) is 2. The molecule has 2 nitrogen and oxygen atoms in total. The minimum atomic E-state index is -0.395. The number of benzene rings is 2. The van der Waals surface area contributed by atoms with Gasteiger partial charge in [-0.05, 0) is 39.7 Å². The predicted molar refractivity (Wildman–Crippen MR) is 72.3 cm³/mol. The van der Waals surface area contributed by atoms with Gasteiger partial charge in [0.25, 0.3) is 0 Å². The van der Waals surface area contributed by atoms with Gasteiger partial charge in [-0.1, -0.05) is 18.2 Å². The largest absolute Gasteiger partial charge is 0.484 e. The molecule has 94 valence electrons. The predicted octanol–water partition coefficient (Wildman–Crippen LogP) is 4.14. The Morgan fingerprint density at radius 3 is 2.84 bits per heavy atom. The maximum Gasteiger partial charge on any atom is 0.137 e. The Labute approximate surface area is 118 Å². The number of para-hydroxylation sites is 1. The Morgan fingerprint density at radius 1 is 1.32 bits per heavy atom. The van der Waals surface area contributed by atoms with E-state index in [2.05, 4.69) is 15.9 Å². The van der Waals surface area contributed by atoms with Crippen molar-refractivity contribution in [3.8, 4) is 11.8 Å². The molecule has 2 aromatic carbocycles. The lowest BCUT2D eigenvalue weighted by molar-refractivity contribution is 0.231. The van der Waals surface area contributed by atoms with Crippen LogP contribution in [-0.4, -0.2) is 0 Å². The summed E-state index contributed by atoms with van der Waals surface area (Å²) in [6.45, 7) is 0. The van der Waals surface area contributed by atoms with Gasteiger partial charge in [-0.3, -0.25) is 0 Å². The second kappa shape index (κ2) is 4.67. The minimum absolute atomic E-state index is 0.318. The molecule has 0 saturated heterocycles. The van der Waals surface area contributed by atoms with Crippen molar-refractivity contribution in [2.75, 3.05) is 0 Å². The van der Waals surface area contributed by atoms with Crippen molar-refractivity contribution >= 4 is 15.9 Å². The third-order valence-electron chi connectivity index (χ3n) is 3.19. The van der Waals surface area contributed by atoms with Crippen LogP contribution in [0.15, 0.2) is 40.9 Å². The number of rotatable bonds is 1. The van der Waals surface area contributed by atoms with Gasteiger partial charge in [-0.25, -0.2) is 4.39 Å². The molecule has 19 heavy (non-hydrogen) atoms. The zero-order valence-corrected chi connectivity index (χ0v) is 11.4. The van der Waals surface area contributed by atoms with Crippen molar-refractivity contribution in [2.24, 2.45) is 0 Å². The molecule has 0 amide bonds. The van der Waals surface area contributed by atoms with E-state index in [0.29, 0.717) is 17.5 Å². The third kappa shape index (κ3) is 2.11. The Morgan fingerprint density at radius 2 is 2.16 bits per heavy atom. The number of halogens is 2. The fourth-order valence-electron chi connectivity index (χ4n) is 2.26. The maximum absolute atomic E-state index is 14.0. The van der Waals surface area contributed by atoms with Crippen LogP contribution in [0.5, 0.6) is 5.75 Å². The molecule has 0 spiro atoms. The summed E-state index contributed by atoms with van der Waals surface area (Å²) in [6.07, 6.45) is 0.305. The fraction of sp³-hybridized carbons (Fsp3) is 0.133. The van der Waals surface area contributed by atoms with Gasteiger partial charge in [0.15, 0.2) is 0 Å². The molecule has 4 heteroatoms. The molecule has 1 aliphatic rings. The molecule has 1 heterocycles. The quantitative estimate of drug-likeness (QED) is 0.792. The van der Waals surface area contributed by atoms with E-state index in [-0.39, 0.29) is 6.10 Å². The smallest absolute Gasteiger partial charge is 0.137 e. The van der Waals surface area contributed by atoms with Crippen molar-refractivity contribution in [2.45, 2.75) is 12.5 Å². The Kier molecular flexibility index (Phi) is 3.00. The van der Waals surface area contributed by atoms with E-state index in [9.17, 15) is 4.39 Å². The highest BCUT2D eigenvalue weighted by Gasteiger charge is 2.28. The second-order valence-corrected chi connectivity index (χ2v) is 5.24. The standard InChI is InChI=1S/C15H9BrFNO/c16-12-3-1-2-10-7-14(19-15(10)12)11-5-4-9(8-18)6-13(11)17/h1-6,14H,7H2. The highest BCUT2D eigenvalue weighted by molar-refractivity contribution is 9.10. The topological polar surface area (TPSA) is 33.0 Å². The molecule has 0 fully saturated rings. The van der Waals surface area contributed by atoms with Gasteiger partial charge in [0.1, 0.15) is 17.7 Å². The van der Waals surface area contributed by atoms with Gasteiger partial charge in [-0.2, -0.15) is 5.26 Å². The van der Waals surface area contributed by atoms with Crippen molar-refractivity contribution in [1.82, 2.24) is 0 Å². The summed E-state index contributed by atoms with van der Waals surface area (Å²) in [5.74, 6) is 0.379. The van der Waals surface area contributed by atoms with Crippen LogP contribution in [0.2, 0.25) is 0 Å². The van der Waals surface area contributed by atoms with Crippen LogP contribution in [0, 0.1) is 17.1 Å². The highest BCUT2D eigenvalue weighted by atomic mass is 79.9. The lowest BCUT2D eigenvalue weighted by Gasteiger charge is -2.12. The summed E-state index contributed by atoms with van der Waals surface area (Å²) < 4.78 is 20.7. The lowest BCUT2D eigenvalue weighted by Crippen LogP contribution is -2.06.